The molecule has 4 nitrogen and oxygen atoms in total. The Morgan fingerprint density at radius 2 is 1.75 bits per heavy atom. The summed E-state index contributed by atoms with van der Waals surface area (Å²) in [6, 6.07) is 10.6. The lowest BCUT2D eigenvalue weighted by atomic mass is 9.92. The molecule has 1 aromatic carbocycles. The van der Waals surface area contributed by atoms with Gasteiger partial charge in [0.2, 0.25) is 5.91 Å². The molecule has 0 spiro atoms. The number of nitrogens with two attached hydrogens (primary N) is 1. The van der Waals surface area contributed by atoms with Gasteiger partial charge in [0.25, 0.3) is 0 Å². The molecule has 24 heavy (non-hydrogen) atoms. The van der Waals surface area contributed by atoms with Crippen LogP contribution in [0.2, 0.25) is 0 Å². The Morgan fingerprint density at radius 3 is 2.42 bits per heavy atom. The van der Waals surface area contributed by atoms with Crippen molar-refractivity contribution in [3.05, 3.63) is 35.9 Å². The summed E-state index contributed by atoms with van der Waals surface area (Å²) in [5.41, 5.74) is 7.21. The number of carbonyl (C=O) groups excluding carboxylic acids is 1. The van der Waals surface area contributed by atoms with Crippen LogP contribution >= 0.6 is 0 Å². The molecule has 1 aliphatic heterocycles. The van der Waals surface area contributed by atoms with Crippen molar-refractivity contribution in [1.82, 2.24) is 10.2 Å². The molecule has 0 radical (unpaired) electrons. The summed E-state index contributed by atoms with van der Waals surface area (Å²) >= 11 is 0. The van der Waals surface area contributed by atoms with Crippen LogP contribution in [0.15, 0.2) is 30.3 Å². The molecule has 1 amide bonds. The van der Waals surface area contributed by atoms with Gasteiger partial charge in [-0.05, 0) is 37.7 Å². The summed E-state index contributed by atoms with van der Waals surface area (Å²) in [6.45, 7) is 2.23. The van der Waals surface area contributed by atoms with E-state index in [0.717, 1.165) is 37.5 Å². The molecule has 0 aromatic heterocycles. The summed E-state index contributed by atoms with van der Waals surface area (Å²) < 4.78 is 0. The molecule has 3 N–H and O–H groups in total. The minimum Gasteiger partial charge on any atom is -0.352 e. The van der Waals surface area contributed by atoms with Crippen molar-refractivity contribution in [2.45, 2.75) is 69.5 Å². The second-order valence-corrected chi connectivity index (χ2v) is 7.41. The Labute approximate surface area is 145 Å². The molecule has 2 fully saturated rings. The number of hydrogen-bond donors (Lipinski definition) is 2. The molecular weight excluding hydrogens is 298 g/mol. The normalized spacial score (nSPS) is 22.2. The van der Waals surface area contributed by atoms with Crippen LogP contribution in [-0.4, -0.2) is 42.0 Å². The van der Waals surface area contributed by atoms with Crippen molar-refractivity contribution in [3.63, 3.8) is 0 Å². The highest BCUT2D eigenvalue weighted by Gasteiger charge is 2.27. The minimum atomic E-state index is -0.455. The Hall–Kier alpha value is -1.39. The number of amides is 1. The number of piperidine rings is 1. The lowest BCUT2D eigenvalue weighted by Crippen LogP contribution is -2.51. The van der Waals surface area contributed by atoms with Crippen molar-refractivity contribution in [3.8, 4) is 0 Å². The zero-order valence-electron chi connectivity index (χ0n) is 14.6. The molecule has 1 aliphatic carbocycles. The first kappa shape index (κ1) is 17.4. The van der Waals surface area contributed by atoms with Gasteiger partial charge in [0.05, 0.1) is 6.04 Å². The molecule has 1 heterocycles. The van der Waals surface area contributed by atoms with Crippen molar-refractivity contribution in [2.75, 3.05) is 13.1 Å². The van der Waals surface area contributed by atoms with Crippen molar-refractivity contribution < 1.29 is 4.79 Å². The largest absolute Gasteiger partial charge is 0.352 e. The van der Waals surface area contributed by atoms with Crippen LogP contribution in [0.3, 0.4) is 0 Å². The molecule has 1 saturated carbocycles. The van der Waals surface area contributed by atoms with Gasteiger partial charge >= 0.3 is 0 Å². The fourth-order valence-electron chi connectivity index (χ4n) is 4.12. The van der Waals surface area contributed by atoms with E-state index in [1.165, 1.54) is 32.1 Å². The SMILES string of the molecule is NC(Cc1ccccc1)C(=O)NC1CCN(C2CCCCC2)CC1. The maximum Gasteiger partial charge on any atom is 0.237 e. The first-order valence-corrected chi connectivity index (χ1v) is 9.56. The van der Waals surface area contributed by atoms with E-state index < -0.39 is 6.04 Å². The lowest BCUT2D eigenvalue weighted by molar-refractivity contribution is -0.123. The summed E-state index contributed by atoms with van der Waals surface area (Å²) in [5.74, 6) is -0.00466. The molecule has 1 aromatic rings. The maximum absolute atomic E-state index is 12.3. The van der Waals surface area contributed by atoms with Gasteiger partial charge in [-0.2, -0.15) is 0 Å². The fourth-order valence-corrected chi connectivity index (χ4v) is 4.12. The second-order valence-electron chi connectivity index (χ2n) is 7.41. The van der Waals surface area contributed by atoms with Crippen LogP contribution in [0.5, 0.6) is 0 Å². The predicted molar refractivity (Wildman–Crippen MR) is 97.7 cm³/mol. The smallest absolute Gasteiger partial charge is 0.237 e. The van der Waals surface area contributed by atoms with E-state index in [1.54, 1.807) is 0 Å². The van der Waals surface area contributed by atoms with Crippen molar-refractivity contribution >= 4 is 5.91 Å². The molecule has 0 bridgehead atoms. The number of nitrogens with zero attached hydrogens (tertiary/aromatic N) is 1. The highest BCUT2D eigenvalue weighted by Crippen LogP contribution is 2.25. The van der Waals surface area contributed by atoms with E-state index in [1.807, 2.05) is 30.3 Å². The highest BCUT2D eigenvalue weighted by molar-refractivity contribution is 5.82. The van der Waals surface area contributed by atoms with Crippen molar-refractivity contribution in [2.24, 2.45) is 5.73 Å². The monoisotopic (exact) mass is 329 g/mol. The molecule has 2 aliphatic rings. The standard InChI is InChI=1S/C20H31N3O/c21-19(15-16-7-3-1-4-8-16)20(24)22-17-11-13-23(14-12-17)18-9-5-2-6-10-18/h1,3-4,7-8,17-19H,2,5-6,9-15,21H2,(H,22,24). The van der Waals surface area contributed by atoms with E-state index >= 15 is 0 Å². The quantitative estimate of drug-likeness (QED) is 0.872. The number of hydrogen-bond acceptors (Lipinski definition) is 3. The summed E-state index contributed by atoms with van der Waals surface area (Å²) in [7, 11) is 0. The van der Waals surface area contributed by atoms with Crippen molar-refractivity contribution in [1.29, 1.82) is 0 Å². The average molecular weight is 329 g/mol. The van der Waals surface area contributed by atoms with Crippen LogP contribution in [0.1, 0.15) is 50.5 Å². The molecule has 1 unspecified atom stereocenters. The van der Waals surface area contributed by atoms with Crippen LogP contribution < -0.4 is 11.1 Å². The van der Waals surface area contributed by atoms with E-state index in [2.05, 4.69) is 10.2 Å². The first-order valence-electron chi connectivity index (χ1n) is 9.56. The minimum absolute atomic E-state index is 0.00466. The average Bonchev–Trinajstić information content (AvgIpc) is 2.64. The Kier molecular flexibility index (Phi) is 6.27. The predicted octanol–water partition coefficient (Wildman–Crippen LogP) is 2.47. The lowest BCUT2D eigenvalue weighted by Gasteiger charge is -2.39. The van der Waals surface area contributed by atoms with E-state index in [9.17, 15) is 4.79 Å². The van der Waals surface area contributed by atoms with Crippen LogP contribution in [0.4, 0.5) is 0 Å². The Balaban J connectivity index is 1.41. The fraction of sp³-hybridized carbons (Fsp3) is 0.650. The summed E-state index contributed by atoms with van der Waals surface area (Å²) in [5, 5.41) is 3.17. The van der Waals surface area contributed by atoms with E-state index in [0.29, 0.717) is 12.5 Å². The number of benzene rings is 1. The Morgan fingerprint density at radius 1 is 1.08 bits per heavy atom. The molecule has 1 saturated heterocycles. The zero-order chi connectivity index (χ0) is 16.8. The van der Waals surface area contributed by atoms with Gasteiger partial charge in [0.1, 0.15) is 0 Å². The van der Waals surface area contributed by atoms with Gasteiger partial charge in [-0.3, -0.25) is 4.79 Å². The second kappa shape index (κ2) is 8.63. The molecular formula is C20H31N3O. The maximum atomic E-state index is 12.3. The zero-order valence-corrected chi connectivity index (χ0v) is 14.6. The molecule has 3 rings (SSSR count). The topological polar surface area (TPSA) is 58.4 Å². The third kappa shape index (κ3) is 4.81. The third-order valence-electron chi connectivity index (χ3n) is 5.60. The van der Waals surface area contributed by atoms with Gasteiger partial charge in [0.15, 0.2) is 0 Å². The number of rotatable bonds is 5. The van der Waals surface area contributed by atoms with Gasteiger partial charge in [-0.15, -0.1) is 0 Å². The number of carbonyl (C=O) groups is 1. The number of likely N-dealkylation sites (tertiary alicyclic amines) is 1. The molecule has 132 valence electrons. The van der Waals surface area contributed by atoms with Crippen LogP contribution in [-0.2, 0) is 11.2 Å². The molecule has 4 heteroatoms. The van der Waals surface area contributed by atoms with Gasteiger partial charge in [0, 0.05) is 25.2 Å². The molecule has 1 atom stereocenters. The first-order chi connectivity index (χ1) is 11.7. The third-order valence-corrected chi connectivity index (χ3v) is 5.60. The van der Waals surface area contributed by atoms with Gasteiger partial charge in [-0.1, -0.05) is 49.6 Å². The number of nitrogens with one attached hydrogen (secondary N) is 1. The highest BCUT2D eigenvalue weighted by atomic mass is 16.2. The van der Waals surface area contributed by atoms with E-state index in [4.69, 9.17) is 5.73 Å². The van der Waals surface area contributed by atoms with Gasteiger partial charge < -0.3 is 16.0 Å². The van der Waals surface area contributed by atoms with Gasteiger partial charge in [-0.25, -0.2) is 0 Å². The van der Waals surface area contributed by atoms with E-state index in [-0.39, 0.29) is 5.91 Å². The summed E-state index contributed by atoms with van der Waals surface area (Å²) in [4.78, 5) is 15.0. The van der Waals surface area contributed by atoms with Crippen LogP contribution in [0.25, 0.3) is 0 Å². The summed E-state index contributed by atoms with van der Waals surface area (Å²) in [6.07, 6.45) is 9.61. The Bertz CT molecular complexity index is 505. The van der Waals surface area contributed by atoms with Crippen LogP contribution in [0, 0.1) is 0 Å².